The molecule has 5 heteroatoms. The standard InChI is InChI=1S/C24H22ClN3O/c1-17(18-8-4-2-5-9-18)26-24(29)28-16-22(19-10-6-3-7-11-19)23(27-28)20-12-14-21(25)15-13-20/h2-15,17,22H,16H2,1H3,(H,26,29). The molecule has 2 amide bonds. The van der Waals surface area contributed by atoms with Gasteiger partial charge < -0.3 is 5.32 Å². The number of hydrogen-bond donors (Lipinski definition) is 1. The highest BCUT2D eigenvalue weighted by Crippen LogP contribution is 2.29. The predicted molar refractivity (Wildman–Crippen MR) is 117 cm³/mol. The van der Waals surface area contributed by atoms with Crippen molar-refractivity contribution in [3.05, 3.63) is 107 Å². The molecule has 2 unspecified atom stereocenters. The Morgan fingerprint density at radius 1 is 1.00 bits per heavy atom. The number of nitrogens with one attached hydrogen (secondary N) is 1. The molecule has 0 saturated heterocycles. The zero-order chi connectivity index (χ0) is 20.2. The van der Waals surface area contributed by atoms with Crippen LogP contribution in [-0.2, 0) is 0 Å². The fraction of sp³-hybridized carbons (Fsp3) is 0.167. The summed E-state index contributed by atoms with van der Waals surface area (Å²) in [5.74, 6) is 0.00940. The summed E-state index contributed by atoms with van der Waals surface area (Å²) < 4.78 is 0. The molecule has 0 saturated carbocycles. The Bertz CT molecular complexity index is 1000. The first-order chi connectivity index (χ1) is 14.1. The molecule has 3 aromatic rings. The normalized spacial score (nSPS) is 17.0. The van der Waals surface area contributed by atoms with E-state index < -0.39 is 0 Å². The van der Waals surface area contributed by atoms with E-state index in [0.717, 1.165) is 22.4 Å². The molecule has 1 aliphatic rings. The number of hydrazone groups is 1. The van der Waals surface area contributed by atoms with E-state index in [2.05, 4.69) is 22.6 Å². The lowest BCUT2D eigenvalue weighted by Crippen LogP contribution is -2.37. The van der Waals surface area contributed by atoms with Gasteiger partial charge in [-0.05, 0) is 35.7 Å². The number of nitrogens with zero attached hydrogens (tertiary/aromatic N) is 2. The van der Waals surface area contributed by atoms with Gasteiger partial charge in [0.15, 0.2) is 0 Å². The van der Waals surface area contributed by atoms with Crippen molar-refractivity contribution in [1.82, 2.24) is 10.3 Å². The van der Waals surface area contributed by atoms with Crippen LogP contribution >= 0.6 is 11.6 Å². The number of carbonyl (C=O) groups is 1. The third-order valence-electron chi connectivity index (χ3n) is 5.13. The second-order valence-corrected chi connectivity index (χ2v) is 7.56. The van der Waals surface area contributed by atoms with E-state index in [0.29, 0.717) is 11.6 Å². The minimum Gasteiger partial charge on any atom is -0.330 e. The van der Waals surface area contributed by atoms with Gasteiger partial charge in [-0.25, -0.2) is 9.80 Å². The van der Waals surface area contributed by atoms with Gasteiger partial charge in [0.1, 0.15) is 0 Å². The molecule has 0 bridgehead atoms. The smallest absolute Gasteiger partial charge is 0.330 e. The number of rotatable bonds is 4. The molecule has 1 heterocycles. The largest absolute Gasteiger partial charge is 0.338 e. The van der Waals surface area contributed by atoms with E-state index in [1.54, 1.807) is 0 Å². The lowest BCUT2D eigenvalue weighted by molar-refractivity contribution is 0.200. The lowest BCUT2D eigenvalue weighted by Gasteiger charge is -2.19. The number of benzene rings is 3. The Hall–Kier alpha value is -3.11. The number of halogens is 1. The number of hydrogen-bond acceptors (Lipinski definition) is 2. The fourth-order valence-corrected chi connectivity index (χ4v) is 3.67. The van der Waals surface area contributed by atoms with Crippen LogP contribution in [0.4, 0.5) is 4.79 Å². The van der Waals surface area contributed by atoms with Crippen molar-refractivity contribution < 1.29 is 4.79 Å². The predicted octanol–water partition coefficient (Wildman–Crippen LogP) is 5.61. The van der Waals surface area contributed by atoms with E-state index in [-0.39, 0.29) is 18.0 Å². The molecule has 4 nitrogen and oxygen atoms in total. The van der Waals surface area contributed by atoms with Crippen LogP contribution in [0.3, 0.4) is 0 Å². The average molecular weight is 404 g/mol. The highest BCUT2D eigenvalue weighted by molar-refractivity contribution is 6.30. The Labute approximate surface area is 175 Å². The van der Waals surface area contributed by atoms with Crippen LogP contribution in [0.2, 0.25) is 5.02 Å². The van der Waals surface area contributed by atoms with E-state index in [1.807, 2.05) is 79.7 Å². The van der Waals surface area contributed by atoms with Crippen LogP contribution in [0.15, 0.2) is 90.0 Å². The van der Waals surface area contributed by atoms with E-state index in [9.17, 15) is 4.79 Å². The Morgan fingerprint density at radius 2 is 1.62 bits per heavy atom. The molecule has 0 radical (unpaired) electrons. The van der Waals surface area contributed by atoms with Crippen molar-refractivity contribution in [3.8, 4) is 0 Å². The highest BCUT2D eigenvalue weighted by Gasteiger charge is 2.32. The van der Waals surface area contributed by atoms with Gasteiger partial charge in [-0.1, -0.05) is 84.4 Å². The molecular weight excluding hydrogens is 382 g/mol. The van der Waals surface area contributed by atoms with E-state index >= 15 is 0 Å². The van der Waals surface area contributed by atoms with Gasteiger partial charge >= 0.3 is 6.03 Å². The summed E-state index contributed by atoms with van der Waals surface area (Å²) >= 11 is 6.05. The molecule has 0 fully saturated rings. The van der Waals surface area contributed by atoms with Crippen molar-refractivity contribution in [3.63, 3.8) is 0 Å². The quantitative estimate of drug-likeness (QED) is 0.604. The van der Waals surface area contributed by atoms with Crippen molar-refractivity contribution >= 4 is 23.3 Å². The maximum absolute atomic E-state index is 12.9. The summed E-state index contributed by atoms with van der Waals surface area (Å²) in [4.78, 5) is 12.9. The molecule has 0 aliphatic carbocycles. The fourth-order valence-electron chi connectivity index (χ4n) is 3.54. The van der Waals surface area contributed by atoms with Gasteiger partial charge in [-0.3, -0.25) is 0 Å². The van der Waals surface area contributed by atoms with Gasteiger partial charge in [-0.15, -0.1) is 0 Å². The third kappa shape index (κ3) is 4.33. The maximum atomic E-state index is 12.9. The molecule has 1 aliphatic heterocycles. The molecular formula is C24H22ClN3O. The lowest BCUT2D eigenvalue weighted by atomic mass is 9.91. The summed E-state index contributed by atoms with van der Waals surface area (Å²) in [7, 11) is 0. The van der Waals surface area contributed by atoms with Crippen LogP contribution in [0.1, 0.15) is 35.6 Å². The van der Waals surface area contributed by atoms with Crippen molar-refractivity contribution in [2.24, 2.45) is 5.10 Å². The number of urea groups is 1. The second kappa shape index (κ2) is 8.50. The van der Waals surface area contributed by atoms with Crippen molar-refractivity contribution in [2.45, 2.75) is 18.9 Å². The van der Waals surface area contributed by atoms with Gasteiger partial charge in [0.2, 0.25) is 0 Å². The Morgan fingerprint density at radius 3 is 2.28 bits per heavy atom. The summed E-state index contributed by atoms with van der Waals surface area (Å²) in [6, 6.07) is 27.4. The van der Waals surface area contributed by atoms with Crippen molar-refractivity contribution in [2.75, 3.05) is 6.54 Å². The topological polar surface area (TPSA) is 44.7 Å². The van der Waals surface area contributed by atoms with Gasteiger partial charge in [0.25, 0.3) is 0 Å². The van der Waals surface area contributed by atoms with Crippen LogP contribution in [-0.4, -0.2) is 23.3 Å². The van der Waals surface area contributed by atoms with Gasteiger partial charge in [0.05, 0.1) is 18.3 Å². The number of carbonyl (C=O) groups excluding carboxylic acids is 1. The summed E-state index contributed by atoms with van der Waals surface area (Å²) in [5.41, 5.74) is 4.03. The zero-order valence-electron chi connectivity index (χ0n) is 16.1. The highest BCUT2D eigenvalue weighted by atomic mass is 35.5. The minimum absolute atomic E-state index is 0.00940. The summed E-state index contributed by atoms with van der Waals surface area (Å²) in [5, 5.41) is 9.94. The summed E-state index contributed by atoms with van der Waals surface area (Å²) in [6.45, 7) is 2.47. The van der Waals surface area contributed by atoms with Crippen LogP contribution in [0, 0.1) is 0 Å². The van der Waals surface area contributed by atoms with Crippen LogP contribution in [0.5, 0.6) is 0 Å². The zero-order valence-corrected chi connectivity index (χ0v) is 16.9. The van der Waals surface area contributed by atoms with Gasteiger partial charge in [-0.2, -0.15) is 5.10 Å². The first-order valence-corrected chi connectivity index (χ1v) is 10.0. The minimum atomic E-state index is -0.203. The van der Waals surface area contributed by atoms with Crippen LogP contribution < -0.4 is 5.32 Å². The molecule has 3 aromatic carbocycles. The molecule has 1 N–H and O–H groups in total. The van der Waals surface area contributed by atoms with Crippen molar-refractivity contribution in [1.29, 1.82) is 0 Å². The van der Waals surface area contributed by atoms with E-state index in [1.165, 1.54) is 5.01 Å². The molecule has 29 heavy (non-hydrogen) atoms. The number of amides is 2. The maximum Gasteiger partial charge on any atom is 0.338 e. The molecule has 0 aromatic heterocycles. The molecule has 2 atom stereocenters. The third-order valence-corrected chi connectivity index (χ3v) is 5.38. The summed E-state index contributed by atoms with van der Waals surface area (Å²) in [6.07, 6.45) is 0. The van der Waals surface area contributed by atoms with Gasteiger partial charge in [0, 0.05) is 10.9 Å². The SMILES string of the molecule is CC(NC(=O)N1CC(c2ccccc2)C(c2ccc(Cl)cc2)=N1)c1ccccc1. The molecule has 0 spiro atoms. The average Bonchev–Trinajstić information content (AvgIpc) is 3.21. The molecule has 146 valence electrons. The monoisotopic (exact) mass is 403 g/mol. The molecule has 4 rings (SSSR count). The first kappa shape index (κ1) is 19.2. The van der Waals surface area contributed by atoms with E-state index in [4.69, 9.17) is 11.6 Å². The second-order valence-electron chi connectivity index (χ2n) is 7.12. The van der Waals surface area contributed by atoms with Crippen LogP contribution in [0.25, 0.3) is 0 Å². The first-order valence-electron chi connectivity index (χ1n) is 9.64. The Balaban J connectivity index is 1.59. The Kier molecular flexibility index (Phi) is 5.63.